The molecule has 0 aliphatic carbocycles. The molecular formula is C12H25N3. The second-order valence-electron chi connectivity index (χ2n) is 5.10. The zero-order valence-corrected chi connectivity index (χ0v) is 10.2. The van der Waals surface area contributed by atoms with E-state index >= 15 is 0 Å². The highest BCUT2D eigenvalue weighted by molar-refractivity contribution is 4.84. The number of nitrogens with one attached hydrogen (secondary N) is 1. The smallest absolute Gasteiger partial charge is 0.0218 e. The number of rotatable bonds is 3. The summed E-state index contributed by atoms with van der Waals surface area (Å²) in [6, 6.07) is 1.55. The summed E-state index contributed by atoms with van der Waals surface area (Å²) in [4.78, 5) is 5.16. The van der Waals surface area contributed by atoms with Crippen LogP contribution in [0.5, 0.6) is 0 Å². The predicted octanol–water partition coefficient (Wildman–Crippen LogP) is 0.764. The largest absolute Gasteiger partial charge is 0.313 e. The minimum atomic E-state index is 0.769. The Morgan fingerprint density at radius 2 is 2.20 bits per heavy atom. The van der Waals surface area contributed by atoms with Gasteiger partial charge in [-0.2, -0.15) is 0 Å². The molecule has 88 valence electrons. The van der Waals surface area contributed by atoms with E-state index < -0.39 is 0 Å². The lowest BCUT2D eigenvalue weighted by molar-refractivity contribution is 0.0875. The fraction of sp³-hybridized carbons (Fsp3) is 1.00. The van der Waals surface area contributed by atoms with Gasteiger partial charge in [0.1, 0.15) is 0 Å². The summed E-state index contributed by atoms with van der Waals surface area (Å²) in [6.45, 7) is 8.57. The molecule has 2 saturated heterocycles. The molecule has 2 heterocycles. The third kappa shape index (κ3) is 2.92. The highest BCUT2D eigenvalue weighted by Crippen LogP contribution is 2.13. The van der Waals surface area contributed by atoms with Crippen LogP contribution in [0.1, 0.15) is 26.2 Å². The van der Waals surface area contributed by atoms with Crippen LogP contribution in [0.2, 0.25) is 0 Å². The lowest BCUT2D eigenvalue weighted by Crippen LogP contribution is -2.53. The van der Waals surface area contributed by atoms with Crippen molar-refractivity contribution in [1.82, 2.24) is 15.1 Å². The molecular weight excluding hydrogens is 186 g/mol. The second-order valence-corrected chi connectivity index (χ2v) is 5.10. The molecule has 0 saturated carbocycles. The summed E-state index contributed by atoms with van der Waals surface area (Å²) in [5, 5.41) is 3.59. The van der Waals surface area contributed by atoms with Gasteiger partial charge in [0.05, 0.1) is 0 Å². The Morgan fingerprint density at radius 3 is 2.87 bits per heavy atom. The van der Waals surface area contributed by atoms with E-state index in [0.717, 1.165) is 12.1 Å². The molecule has 1 unspecified atom stereocenters. The average Bonchev–Trinajstić information content (AvgIpc) is 2.73. The third-order valence-electron chi connectivity index (χ3n) is 3.97. The molecule has 1 N–H and O–H groups in total. The summed E-state index contributed by atoms with van der Waals surface area (Å²) in [5.74, 6) is 0. The number of hydrogen-bond donors (Lipinski definition) is 1. The van der Waals surface area contributed by atoms with Crippen molar-refractivity contribution in [3.8, 4) is 0 Å². The van der Waals surface area contributed by atoms with E-state index in [2.05, 4.69) is 29.1 Å². The molecule has 2 aliphatic rings. The van der Waals surface area contributed by atoms with Crippen molar-refractivity contribution >= 4 is 0 Å². The van der Waals surface area contributed by atoms with E-state index in [0.29, 0.717) is 0 Å². The normalized spacial score (nSPS) is 34.8. The SMILES string of the molecule is CCC1CN(C[C@H]2CCCN2)CCN1C. The van der Waals surface area contributed by atoms with Gasteiger partial charge >= 0.3 is 0 Å². The van der Waals surface area contributed by atoms with Gasteiger partial charge in [-0.3, -0.25) is 4.90 Å². The Balaban J connectivity index is 1.78. The zero-order chi connectivity index (χ0) is 10.7. The van der Waals surface area contributed by atoms with Crippen LogP contribution in [0.3, 0.4) is 0 Å². The molecule has 2 fully saturated rings. The minimum Gasteiger partial charge on any atom is -0.313 e. The molecule has 2 atom stereocenters. The van der Waals surface area contributed by atoms with Crippen molar-refractivity contribution in [2.24, 2.45) is 0 Å². The Labute approximate surface area is 93.8 Å². The van der Waals surface area contributed by atoms with Gasteiger partial charge in [0.2, 0.25) is 0 Å². The van der Waals surface area contributed by atoms with Crippen LogP contribution in [-0.4, -0.2) is 61.7 Å². The molecule has 0 aromatic heterocycles. The van der Waals surface area contributed by atoms with E-state index in [9.17, 15) is 0 Å². The summed E-state index contributed by atoms with van der Waals surface area (Å²) in [7, 11) is 2.26. The summed E-state index contributed by atoms with van der Waals surface area (Å²) < 4.78 is 0. The average molecular weight is 211 g/mol. The van der Waals surface area contributed by atoms with Crippen LogP contribution >= 0.6 is 0 Å². The molecule has 0 bridgehead atoms. The Kier molecular flexibility index (Phi) is 4.00. The first-order chi connectivity index (χ1) is 7.29. The molecule has 3 nitrogen and oxygen atoms in total. The Bertz CT molecular complexity index is 187. The highest BCUT2D eigenvalue weighted by atomic mass is 15.3. The van der Waals surface area contributed by atoms with E-state index in [-0.39, 0.29) is 0 Å². The van der Waals surface area contributed by atoms with Crippen LogP contribution in [-0.2, 0) is 0 Å². The van der Waals surface area contributed by atoms with Gasteiger partial charge in [0.15, 0.2) is 0 Å². The fourth-order valence-corrected chi connectivity index (χ4v) is 2.84. The summed E-state index contributed by atoms with van der Waals surface area (Å²) in [6.07, 6.45) is 4.03. The molecule has 15 heavy (non-hydrogen) atoms. The first kappa shape index (κ1) is 11.4. The van der Waals surface area contributed by atoms with Gasteiger partial charge in [0, 0.05) is 38.3 Å². The Morgan fingerprint density at radius 1 is 1.33 bits per heavy atom. The van der Waals surface area contributed by atoms with Crippen LogP contribution in [0.15, 0.2) is 0 Å². The molecule has 3 heteroatoms. The maximum absolute atomic E-state index is 3.59. The van der Waals surface area contributed by atoms with Crippen molar-refractivity contribution in [1.29, 1.82) is 0 Å². The molecule has 0 spiro atoms. The van der Waals surface area contributed by atoms with Gasteiger partial charge < -0.3 is 10.2 Å². The molecule has 0 radical (unpaired) electrons. The molecule has 0 aromatic carbocycles. The first-order valence-corrected chi connectivity index (χ1v) is 6.45. The van der Waals surface area contributed by atoms with E-state index in [1.54, 1.807) is 0 Å². The van der Waals surface area contributed by atoms with Gasteiger partial charge in [0.25, 0.3) is 0 Å². The van der Waals surface area contributed by atoms with Gasteiger partial charge in [-0.25, -0.2) is 0 Å². The molecule has 2 rings (SSSR count). The van der Waals surface area contributed by atoms with Gasteiger partial charge in [-0.15, -0.1) is 0 Å². The lowest BCUT2D eigenvalue weighted by Gasteiger charge is -2.40. The zero-order valence-electron chi connectivity index (χ0n) is 10.2. The predicted molar refractivity (Wildman–Crippen MR) is 64.2 cm³/mol. The quantitative estimate of drug-likeness (QED) is 0.744. The van der Waals surface area contributed by atoms with E-state index in [1.807, 2.05) is 0 Å². The third-order valence-corrected chi connectivity index (χ3v) is 3.97. The van der Waals surface area contributed by atoms with Crippen LogP contribution < -0.4 is 5.32 Å². The molecule has 0 aromatic rings. The monoisotopic (exact) mass is 211 g/mol. The number of piperazine rings is 1. The molecule has 0 amide bonds. The van der Waals surface area contributed by atoms with Crippen molar-refractivity contribution in [3.63, 3.8) is 0 Å². The second kappa shape index (κ2) is 5.28. The molecule has 2 aliphatic heterocycles. The Hall–Kier alpha value is -0.120. The lowest BCUT2D eigenvalue weighted by atomic mass is 10.1. The maximum Gasteiger partial charge on any atom is 0.0218 e. The summed E-state index contributed by atoms with van der Waals surface area (Å²) >= 11 is 0. The van der Waals surface area contributed by atoms with Crippen molar-refractivity contribution in [2.45, 2.75) is 38.3 Å². The van der Waals surface area contributed by atoms with Crippen LogP contribution in [0.4, 0.5) is 0 Å². The number of hydrogen-bond acceptors (Lipinski definition) is 3. The van der Waals surface area contributed by atoms with Gasteiger partial charge in [-0.1, -0.05) is 6.92 Å². The van der Waals surface area contributed by atoms with E-state index in [4.69, 9.17) is 0 Å². The van der Waals surface area contributed by atoms with E-state index in [1.165, 1.54) is 52.0 Å². The first-order valence-electron chi connectivity index (χ1n) is 6.45. The van der Waals surface area contributed by atoms with Crippen molar-refractivity contribution < 1.29 is 0 Å². The highest BCUT2D eigenvalue weighted by Gasteiger charge is 2.25. The van der Waals surface area contributed by atoms with Crippen molar-refractivity contribution in [3.05, 3.63) is 0 Å². The maximum atomic E-state index is 3.59. The summed E-state index contributed by atoms with van der Waals surface area (Å²) in [5.41, 5.74) is 0. The number of likely N-dealkylation sites (N-methyl/N-ethyl adjacent to an activating group) is 1. The van der Waals surface area contributed by atoms with Gasteiger partial charge in [-0.05, 0) is 32.9 Å². The topological polar surface area (TPSA) is 18.5 Å². The number of nitrogens with zero attached hydrogens (tertiary/aromatic N) is 2. The van der Waals surface area contributed by atoms with Crippen molar-refractivity contribution in [2.75, 3.05) is 39.8 Å². The minimum absolute atomic E-state index is 0.769. The van der Waals surface area contributed by atoms with Crippen LogP contribution in [0, 0.1) is 0 Å². The van der Waals surface area contributed by atoms with Crippen LogP contribution in [0.25, 0.3) is 0 Å². The standard InChI is InChI=1S/C12H25N3/c1-3-12-10-15(8-7-14(12)2)9-11-5-4-6-13-11/h11-13H,3-10H2,1-2H3/t11-,12?/m1/s1. The fourth-order valence-electron chi connectivity index (χ4n) is 2.84.